The van der Waals surface area contributed by atoms with Crippen molar-refractivity contribution in [2.24, 2.45) is 0 Å². The van der Waals surface area contributed by atoms with E-state index in [4.69, 9.17) is 9.72 Å². The van der Waals surface area contributed by atoms with Gasteiger partial charge in [-0.05, 0) is 35.0 Å². The normalized spacial score (nSPS) is 11.4. The van der Waals surface area contributed by atoms with E-state index in [1.54, 1.807) is 0 Å². The van der Waals surface area contributed by atoms with Crippen molar-refractivity contribution >= 4 is 43.4 Å². The van der Waals surface area contributed by atoms with Crippen LogP contribution >= 0.6 is 0 Å². The summed E-state index contributed by atoms with van der Waals surface area (Å²) in [4.78, 5) is 5.16. The Morgan fingerprint density at radius 2 is 0.966 bits per heavy atom. The zero-order valence-corrected chi connectivity index (χ0v) is 15.7. The fourth-order valence-corrected chi connectivity index (χ4v) is 4.09. The summed E-state index contributed by atoms with van der Waals surface area (Å²) in [5, 5.41) is 6.68. The van der Waals surface area contributed by atoms with Crippen molar-refractivity contribution < 1.29 is 4.74 Å². The van der Waals surface area contributed by atoms with E-state index < -0.39 is 0 Å². The highest BCUT2D eigenvalue weighted by atomic mass is 16.5. The Bertz CT molecular complexity index is 1430. The molecule has 0 saturated carbocycles. The van der Waals surface area contributed by atoms with E-state index >= 15 is 0 Å². The SMILES string of the molecule is c1ccc(Oc2c3ccc4ccccc4c3nc3c2ccc2ccccc23)cc1. The quantitative estimate of drug-likeness (QED) is 0.232. The molecule has 1 heterocycles. The van der Waals surface area contributed by atoms with E-state index in [0.717, 1.165) is 44.1 Å². The maximum Gasteiger partial charge on any atom is 0.146 e. The minimum atomic E-state index is 0.822. The summed E-state index contributed by atoms with van der Waals surface area (Å²) in [5.41, 5.74) is 1.94. The van der Waals surface area contributed by atoms with Crippen molar-refractivity contribution in [2.75, 3.05) is 0 Å². The maximum atomic E-state index is 6.46. The molecule has 0 N–H and O–H groups in total. The number of ether oxygens (including phenoxy) is 1. The standard InChI is InChI=1S/C27H17NO/c1-2-10-20(11-3-1)29-27-23-16-14-18-8-4-6-12-21(18)25(23)28-26-22-13-7-5-9-19(22)15-17-24(26)27/h1-17H. The van der Waals surface area contributed by atoms with Crippen LogP contribution in [0.15, 0.2) is 103 Å². The Labute approximate surface area is 168 Å². The average Bonchev–Trinajstić information content (AvgIpc) is 2.79. The molecule has 0 aliphatic carbocycles. The van der Waals surface area contributed by atoms with Gasteiger partial charge in [-0.25, -0.2) is 4.98 Å². The Kier molecular flexibility index (Phi) is 3.50. The Hall–Kier alpha value is -3.91. The molecule has 0 aliphatic rings. The fourth-order valence-electron chi connectivity index (χ4n) is 4.09. The summed E-state index contributed by atoms with van der Waals surface area (Å²) in [6.07, 6.45) is 0. The second kappa shape index (κ2) is 6.32. The zero-order valence-electron chi connectivity index (χ0n) is 15.7. The van der Waals surface area contributed by atoms with Gasteiger partial charge in [0.05, 0.1) is 11.0 Å². The molecule has 0 radical (unpaired) electrons. The van der Waals surface area contributed by atoms with Crippen LogP contribution in [-0.4, -0.2) is 4.98 Å². The maximum absolute atomic E-state index is 6.46. The molecule has 0 amide bonds. The zero-order chi connectivity index (χ0) is 19.2. The summed E-state index contributed by atoms with van der Waals surface area (Å²) in [7, 11) is 0. The molecule has 0 aliphatic heterocycles. The molecule has 0 spiro atoms. The molecule has 29 heavy (non-hydrogen) atoms. The van der Waals surface area contributed by atoms with Gasteiger partial charge in [-0.3, -0.25) is 0 Å². The van der Waals surface area contributed by atoms with Crippen molar-refractivity contribution in [1.29, 1.82) is 0 Å². The van der Waals surface area contributed by atoms with Gasteiger partial charge in [-0.2, -0.15) is 0 Å². The van der Waals surface area contributed by atoms with Crippen LogP contribution in [0.1, 0.15) is 0 Å². The molecule has 2 heteroatoms. The van der Waals surface area contributed by atoms with Crippen molar-refractivity contribution in [3.8, 4) is 11.5 Å². The molecule has 1 aromatic heterocycles. The highest BCUT2D eigenvalue weighted by Gasteiger charge is 2.15. The van der Waals surface area contributed by atoms with E-state index in [1.165, 1.54) is 10.8 Å². The van der Waals surface area contributed by atoms with Gasteiger partial charge >= 0.3 is 0 Å². The average molecular weight is 371 g/mol. The number of aromatic nitrogens is 1. The van der Waals surface area contributed by atoms with Crippen LogP contribution in [0.25, 0.3) is 43.4 Å². The molecule has 136 valence electrons. The van der Waals surface area contributed by atoms with Crippen LogP contribution in [0.4, 0.5) is 0 Å². The number of para-hydroxylation sites is 1. The van der Waals surface area contributed by atoms with Gasteiger partial charge in [-0.15, -0.1) is 0 Å². The number of hydrogen-bond acceptors (Lipinski definition) is 2. The van der Waals surface area contributed by atoms with Gasteiger partial charge in [0.1, 0.15) is 11.5 Å². The summed E-state index contributed by atoms with van der Waals surface area (Å²) >= 11 is 0. The predicted molar refractivity (Wildman–Crippen MR) is 121 cm³/mol. The van der Waals surface area contributed by atoms with Gasteiger partial charge in [0, 0.05) is 21.5 Å². The van der Waals surface area contributed by atoms with Crippen LogP contribution in [0.2, 0.25) is 0 Å². The lowest BCUT2D eigenvalue weighted by Gasteiger charge is -2.15. The summed E-state index contributed by atoms with van der Waals surface area (Å²) in [6, 6.07) is 35.3. The third kappa shape index (κ3) is 2.54. The largest absolute Gasteiger partial charge is 0.456 e. The number of benzene rings is 5. The number of nitrogens with zero attached hydrogens (tertiary/aromatic N) is 1. The van der Waals surface area contributed by atoms with Gasteiger partial charge < -0.3 is 4.74 Å². The smallest absolute Gasteiger partial charge is 0.146 e. The highest BCUT2D eigenvalue weighted by molar-refractivity contribution is 6.17. The van der Waals surface area contributed by atoms with Gasteiger partial charge in [0.15, 0.2) is 0 Å². The monoisotopic (exact) mass is 371 g/mol. The number of fused-ring (bicyclic) bond motifs is 6. The van der Waals surface area contributed by atoms with E-state index in [0.29, 0.717) is 0 Å². The Balaban J connectivity index is 1.80. The second-order valence-electron chi connectivity index (χ2n) is 7.22. The van der Waals surface area contributed by atoms with Crippen LogP contribution in [0.5, 0.6) is 11.5 Å². The second-order valence-corrected chi connectivity index (χ2v) is 7.22. The van der Waals surface area contributed by atoms with Crippen LogP contribution in [0.3, 0.4) is 0 Å². The molecule has 0 saturated heterocycles. The van der Waals surface area contributed by atoms with Crippen LogP contribution in [0, 0.1) is 0 Å². The Morgan fingerprint density at radius 1 is 0.448 bits per heavy atom. The first kappa shape index (κ1) is 16.1. The number of rotatable bonds is 2. The minimum absolute atomic E-state index is 0.822. The summed E-state index contributed by atoms with van der Waals surface area (Å²) in [5.74, 6) is 1.68. The number of hydrogen-bond donors (Lipinski definition) is 0. The molecule has 5 aromatic carbocycles. The lowest BCUT2D eigenvalue weighted by atomic mass is 10.0. The first-order valence-electron chi connectivity index (χ1n) is 9.74. The third-order valence-electron chi connectivity index (χ3n) is 5.48. The molecular formula is C27H17NO. The first-order valence-corrected chi connectivity index (χ1v) is 9.74. The van der Waals surface area contributed by atoms with E-state index in [1.807, 2.05) is 30.3 Å². The molecule has 0 bridgehead atoms. The lowest BCUT2D eigenvalue weighted by molar-refractivity contribution is 0.493. The molecule has 0 unspecified atom stereocenters. The van der Waals surface area contributed by atoms with Gasteiger partial charge in [0.25, 0.3) is 0 Å². The van der Waals surface area contributed by atoms with E-state index in [-0.39, 0.29) is 0 Å². The van der Waals surface area contributed by atoms with Gasteiger partial charge in [-0.1, -0.05) is 78.9 Å². The summed E-state index contributed by atoms with van der Waals surface area (Å²) < 4.78 is 6.46. The highest BCUT2D eigenvalue weighted by Crippen LogP contribution is 2.40. The summed E-state index contributed by atoms with van der Waals surface area (Å²) in [6.45, 7) is 0. The van der Waals surface area contributed by atoms with Crippen LogP contribution in [-0.2, 0) is 0 Å². The lowest BCUT2D eigenvalue weighted by Crippen LogP contribution is -1.93. The Morgan fingerprint density at radius 3 is 1.55 bits per heavy atom. The van der Waals surface area contributed by atoms with Crippen molar-refractivity contribution in [2.45, 2.75) is 0 Å². The molecule has 6 aromatic rings. The van der Waals surface area contributed by atoms with Crippen LogP contribution < -0.4 is 4.74 Å². The van der Waals surface area contributed by atoms with E-state index in [9.17, 15) is 0 Å². The van der Waals surface area contributed by atoms with Crippen molar-refractivity contribution in [3.05, 3.63) is 103 Å². The number of pyridine rings is 1. The van der Waals surface area contributed by atoms with Crippen molar-refractivity contribution in [3.63, 3.8) is 0 Å². The minimum Gasteiger partial charge on any atom is -0.456 e. The fraction of sp³-hybridized carbons (Fsp3) is 0. The molecule has 6 rings (SSSR count). The molecule has 0 atom stereocenters. The topological polar surface area (TPSA) is 22.1 Å². The molecule has 0 fully saturated rings. The van der Waals surface area contributed by atoms with Crippen molar-refractivity contribution in [1.82, 2.24) is 4.98 Å². The predicted octanol–water partition coefficient (Wildman–Crippen LogP) is 7.49. The first-order chi connectivity index (χ1) is 14.4. The van der Waals surface area contributed by atoms with E-state index in [2.05, 4.69) is 72.8 Å². The molecule has 2 nitrogen and oxygen atoms in total. The third-order valence-corrected chi connectivity index (χ3v) is 5.48. The van der Waals surface area contributed by atoms with Gasteiger partial charge in [0.2, 0.25) is 0 Å². The molecular weight excluding hydrogens is 354 g/mol.